The van der Waals surface area contributed by atoms with E-state index in [2.05, 4.69) is 5.32 Å². The summed E-state index contributed by atoms with van der Waals surface area (Å²) in [5, 5.41) is 11.8. The lowest BCUT2D eigenvalue weighted by molar-refractivity contribution is -0.152. The molecule has 0 aromatic carbocycles. The molecule has 0 aromatic rings. The van der Waals surface area contributed by atoms with E-state index in [1.165, 1.54) is 0 Å². The van der Waals surface area contributed by atoms with Crippen LogP contribution in [-0.4, -0.2) is 36.9 Å². The van der Waals surface area contributed by atoms with Crippen molar-refractivity contribution in [2.75, 3.05) is 19.8 Å². The molecule has 2 aliphatic heterocycles. The summed E-state index contributed by atoms with van der Waals surface area (Å²) < 4.78 is 5.21. The molecule has 2 heterocycles. The molecule has 12 heavy (non-hydrogen) atoms. The summed E-state index contributed by atoms with van der Waals surface area (Å²) in [5.41, 5.74) is 0.00405. The van der Waals surface area contributed by atoms with Crippen LogP contribution in [0.2, 0.25) is 0 Å². The van der Waals surface area contributed by atoms with Crippen molar-refractivity contribution >= 4 is 5.97 Å². The van der Waals surface area contributed by atoms with Crippen LogP contribution in [0.25, 0.3) is 0 Å². The van der Waals surface area contributed by atoms with E-state index < -0.39 is 5.97 Å². The Bertz CT molecular complexity index is 198. The van der Waals surface area contributed by atoms with E-state index in [1.54, 1.807) is 0 Å². The monoisotopic (exact) mass is 171 g/mol. The Kier molecular flexibility index (Phi) is 1.81. The number of rotatable bonds is 1. The summed E-state index contributed by atoms with van der Waals surface area (Å²) >= 11 is 0. The largest absolute Gasteiger partial charge is 0.480 e. The average molecular weight is 171 g/mol. The first kappa shape index (κ1) is 8.01. The van der Waals surface area contributed by atoms with Gasteiger partial charge in [0.15, 0.2) is 0 Å². The molecule has 2 fully saturated rings. The SMILES string of the molecule is O=C(O)[C@H]1NCC12CCOCC2. The number of carboxylic acids is 1. The lowest BCUT2D eigenvalue weighted by Gasteiger charge is -2.50. The zero-order chi connectivity index (χ0) is 8.60. The lowest BCUT2D eigenvalue weighted by Crippen LogP contribution is -2.67. The van der Waals surface area contributed by atoms with Crippen LogP contribution in [0.4, 0.5) is 0 Å². The fraction of sp³-hybridized carbons (Fsp3) is 0.875. The molecule has 0 amide bonds. The normalized spacial score (nSPS) is 32.8. The van der Waals surface area contributed by atoms with Gasteiger partial charge in [-0.1, -0.05) is 0 Å². The maximum absolute atomic E-state index is 10.8. The van der Waals surface area contributed by atoms with Gasteiger partial charge in [0.1, 0.15) is 6.04 Å². The molecule has 0 saturated carbocycles. The third-order valence-corrected chi connectivity index (χ3v) is 3.01. The molecule has 2 aliphatic rings. The van der Waals surface area contributed by atoms with Gasteiger partial charge < -0.3 is 15.2 Å². The zero-order valence-electron chi connectivity index (χ0n) is 6.88. The summed E-state index contributed by atoms with van der Waals surface area (Å²) in [5.74, 6) is -0.719. The van der Waals surface area contributed by atoms with E-state index >= 15 is 0 Å². The highest BCUT2D eigenvalue weighted by molar-refractivity contribution is 5.76. The number of hydrogen-bond acceptors (Lipinski definition) is 3. The molecule has 0 aliphatic carbocycles. The Balaban J connectivity index is 2.05. The Morgan fingerprint density at radius 3 is 2.58 bits per heavy atom. The molecule has 1 atom stereocenters. The van der Waals surface area contributed by atoms with Crippen LogP contribution >= 0.6 is 0 Å². The van der Waals surface area contributed by atoms with E-state index in [4.69, 9.17) is 9.84 Å². The molecule has 0 unspecified atom stereocenters. The van der Waals surface area contributed by atoms with Crippen LogP contribution in [0.15, 0.2) is 0 Å². The molecular weight excluding hydrogens is 158 g/mol. The molecule has 0 aromatic heterocycles. The second kappa shape index (κ2) is 2.71. The Labute approximate surface area is 70.9 Å². The molecule has 2 N–H and O–H groups in total. The van der Waals surface area contributed by atoms with Gasteiger partial charge in [-0.2, -0.15) is 0 Å². The van der Waals surface area contributed by atoms with Crippen molar-refractivity contribution in [3.05, 3.63) is 0 Å². The number of carboxylic acid groups (broad SMARTS) is 1. The lowest BCUT2D eigenvalue weighted by atomic mass is 9.68. The van der Waals surface area contributed by atoms with Crippen molar-refractivity contribution < 1.29 is 14.6 Å². The Morgan fingerprint density at radius 2 is 2.17 bits per heavy atom. The first-order valence-corrected chi connectivity index (χ1v) is 4.29. The molecule has 4 nitrogen and oxygen atoms in total. The van der Waals surface area contributed by atoms with Gasteiger partial charge in [0.05, 0.1) is 0 Å². The van der Waals surface area contributed by atoms with Gasteiger partial charge in [-0.25, -0.2) is 0 Å². The van der Waals surface area contributed by atoms with Crippen LogP contribution in [0.5, 0.6) is 0 Å². The summed E-state index contributed by atoms with van der Waals surface area (Å²) in [4.78, 5) is 10.8. The molecule has 2 saturated heterocycles. The quantitative estimate of drug-likeness (QED) is 0.575. The van der Waals surface area contributed by atoms with Gasteiger partial charge in [-0.15, -0.1) is 0 Å². The van der Waals surface area contributed by atoms with E-state index in [-0.39, 0.29) is 11.5 Å². The highest BCUT2D eigenvalue weighted by Gasteiger charge is 2.51. The second-order valence-corrected chi connectivity index (χ2v) is 3.63. The predicted molar refractivity (Wildman–Crippen MR) is 41.9 cm³/mol. The van der Waals surface area contributed by atoms with Crippen molar-refractivity contribution in [1.82, 2.24) is 5.32 Å². The Hall–Kier alpha value is -0.610. The number of hydrogen-bond donors (Lipinski definition) is 2. The van der Waals surface area contributed by atoms with Gasteiger partial charge in [0, 0.05) is 25.2 Å². The van der Waals surface area contributed by atoms with Crippen LogP contribution in [-0.2, 0) is 9.53 Å². The fourth-order valence-electron chi connectivity index (χ4n) is 2.09. The van der Waals surface area contributed by atoms with E-state index in [1.807, 2.05) is 0 Å². The number of aliphatic carboxylic acids is 1. The van der Waals surface area contributed by atoms with Crippen molar-refractivity contribution in [2.24, 2.45) is 5.41 Å². The molecule has 2 rings (SSSR count). The average Bonchev–Trinajstić information content (AvgIpc) is 2.03. The molecule has 4 heteroatoms. The van der Waals surface area contributed by atoms with Gasteiger partial charge in [-0.05, 0) is 12.8 Å². The molecule has 0 bridgehead atoms. The molecule has 0 radical (unpaired) electrons. The van der Waals surface area contributed by atoms with Crippen LogP contribution in [0, 0.1) is 5.41 Å². The van der Waals surface area contributed by atoms with Gasteiger partial charge in [0.2, 0.25) is 0 Å². The molecular formula is C8H13NO3. The number of carbonyl (C=O) groups is 1. The third-order valence-electron chi connectivity index (χ3n) is 3.01. The van der Waals surface area contributed by atoms with Crippen molar-refractivity contribution in [2.45, 2.75) is 18.9 Å². The van der Waals surface area contributed by atoms with Crippen LogP contribution in [0.3, 0.4) is 0 Å². The second-order valence-electron chi connectivity index (χ2n) is 3.63. The minimum atomic E-state index is -0.719. The topological polar surface area (TPSA) is 58.6 Å². The summed E-state index contributed by atoms with van der Waals surface area (Å²) in [7, 11) is 0. The summed E-state index contributed by atoms with van der Waals surface area (Å²) in [6, 6.07) is -0.332. The van der Waals surface area contributed by atoms with Gasteiger partial charge in [0.25, 0.3) is 0 Å². The highest BCUT2D eigenvalue weighted by Crippen LogP contribution is 2.39. The van der Waals surface area contributed by atoms with Crippen molar-refractivity contribution in [3.63, 3.8) is 0 Å². The van der Waals surface area contributed by atoms with Crippen LogP contribution < -0.4 is 5.32 Å². The molecule has 68 valence electrons. The maximum Gasteiger partial charge on any atom is 0.321 e. The third kappa shape index (κ3) is 1.03. The van der Waals surface area contributed by atoms with Gasteiger partial charge in [-0.3, -0.25) is 4.79 Å². The minimum Gasteiger partial charge on any atom is -0.480 e. The van der Waals surface area contributed by atoms with Crippen LogP contribution in [0.1, 0.15) is 12.8 Å². The maximum atomic E-state index is 10.8. The smallest absolute Gasteiger partial charge is 0.321 e. The van der Waals surface area contributed by atoms with E-state index in [0.29, 0.717) is 13.2 Å². The van der Waals surface area contributed by atoms with E-state index in [0.717, 1.165) is 19.4 Å². The number of ether oxygens (including phenoxy) is 1. The number of nitrogens with one attached hydrogen (secondary N) is 1. The first-order valence-electron chi connectivity index (χ1n) is 4.29. The summed E-state index contributed by atoms with van der Waals surface area (Å²) in [6.07, 6.45) is 1.77. The van der Waals surface area contributed by atoms with E-state index in [9.17, 15) is 4.79 Å². The minimum absolute atomic E-state index is 0.00405. The van der Waals surface area contributed by atoms with Gasteiger partial charge >= 0.3 is 5.97 Å². The first-order chi connectivity index (χ1) is 5.75. The molecule has 1 spiro atoms. The standard InChI is InChI=1S/C8H13NO3/c10-7(11)6-8(5-9-6)1-3-12-4-2-8/h6,9H,1-5H2,(H,10,11)/t6-/m1/s1. The zero-order valence-corrected chi connectivity index (χ0v) is 6.88. The fourth-order valence-corrected chi connectivity index (χ4v) is 2.09. The van der Waals surface area contributed by atoms with Crippen molar-refractivity contribution in [3.8, 4) is 0 Å². The highest BCUT2D eigenvalue weighted by atomic mass is 16.5. The Morgan fingerprint density at radius 1 is 1.50 bits per heavy atom. The van der Waals surface area contributed by atoms with Crippen molar-refractivity contribution in [1.29, 1.82) is 0 Å². The summed E-state index contributed by atoms with van der Waals surface area (Å²) in [6.45, 7) is 2.27. The predicted octanol–water partition coefficient (Wildman–Crippen LogP) is -0.160.